The standard InChI is InChI=1S/C15H25NO4/c1-5-6-9-16(14(18)20-15(2,3)4)10-7-12-19-13-8-11-17/h1,11H,6-10,12-13H2,2-4H3. The van der Waals surface area contributed by atoms with E-state index in [4.69, 9.17) is 15.9 Å². The van der Waals surface area contributed by atoms with E-state index in [0.717, 1.165) is 6.29 Å². The first-order valence-electron chi connectivity index (χ1n) is 6.83. The van der Waals surface area contributed by atoms with E-state index in [1.807, 2.05) is 20.8 Å². The fourth-order valence-electron chi connectivity index (χ4n) is 1.41. The molecule has 5 nitrogen and oxygen atoms in total. The number of hydrogen-bond donors (Lipinski definition) is 0. The Morgan fingerprint density at radius 3 is 2.55 bits per heavy atom. The van der Waals surface area contributed by atoms with Gasteiger partial charge in [0.25, 0.3) is 0 Å². The number of terminal acetylenes is 1. The molecule has 0 saturated carbocycles. The van der Waals surface area contributed by atoms with Gasteiger partial charge in [-0.05, 0) is 27.2 Å². The summed E-state index contributed by atoms with van der Waals surface area (Å²) in [6.45, 7) is 7.40. The number of carbonyl (C=O) groups excluding carboxylic acids is 2. The van der Waals surface area contributed by atoms with Crippen LogP contribution in [0.15, 0.2) is 0 Å². The summed E-state index contributed by atoms with van der Waals surface area (Å²) in [6, 6.07) is 0. The largest absolute Gasteiger partial charge is 0.444 e. The molecule has 0 heterocycles. The average Bonchev–Trinajstić information content (AvgIpc) is 2.34. The Bertz CT molecular complexity index is 328. The van der Waals surface area contributed by atoms with Gasteiger partial charge in [0.15, 0.2) is 0 Å². The number of carbonyl (C=O) groups is 2. The third-order valence-corrected chi connectivity index (χ3v) is 2.27. The zero-order valence-corrected chi connectivity index (χ0v) is 12.7. The lowest BCUT2D eigenvalue weighted by molar-refractivity contribution is -0.108. The van der Waals surface area contributed by atoms with E-state index in [-0.39, 0.29) is 6.09 Å². The molecular weight excluding hydrogens is 258 g/mol. The van der Waals surface area contributed by atoms with E-state index >= 15 is 0 Å². The predicted molar refractivity (Wildman–Crippen MR) is 77.4 cm³/mol. The van der Waals surface area contributed by atoms with Gasteiger partial charge in [-0.1, -0.05) is 0 Å². The number of hydrogen-bond acceptors (Lipinski definition) is 4. The second kappa shape index (κ2) is 10.3. The number of rotatable bonds is 9. The highest BCUT2D eigenvalue weighted by Gasteiger charge is 2.21. The maximum absolute atomic E-state index is 12.0. The summed E-state index contributed by atoms with van der Waals surface area (Å²) in [5.41, 5.74) is -0.522. The molecule has 0 rings (SSSR count). The third kappa shape index (κ3) is 10.4. The number of ether oxygens (including phenoxy) is 2. The lowest BCUT2D eigenvalue weighted by atomic mass is 10.2. The Hall–Kier alpha value is -1.54. The van der Waals surface area contributed by atoms with Crippen LogP contribution in [0.2, 0.25) is 0 Å². The molecule has 0 aromatic rings. The zero-order chi connectivity index (χ0) is 15.4. The quantitative estimate of drug-likeness (QED) is 0.370. The van der Waals surface area contributed by atoms with Gasteiger partial charge in [-0.2, -0.15) is 0 Å². The van der Waals surface area contributed by atoms with Gasteiger partial charge >= 0.3 is 6.09 Å². The minimum Gasteiger partial charge on any atom is -0.444 e. The van der Waals surface area contributed by atoms with Gasteiger partial charge in [0.05, 0.1) is 6.61 Å². The van der Waals surface area contributed by atoms with Crippen LogP contribution in [-0.4, -0.2) is 49.2 Å². The molecule has 0 spiro atoms. The van der Waals surface area contributed by atoms with Crippen molar-refractivity contribution in [2.75, 3.05) is 26.3 Å². The maximum Gasteiger partial charge on any atom is 0.410 e. The number of nitrogens with zero attached hydrogens (tertiary/aromatic N) is 1. The molecule has 0 aromatic heterocycles. The van der Waals surface area contributed by atoms with Gasteiger partial charge in [-0.25, -0.2) is 4.79 Å². The molecule has 0 bridgehead atoms. The molecule has 0 aliphatic rings. The SMILES string of the molecule is C#CCCN(CCCOCCC=O)C(=O)OC(C)(C)C. The highest BCUT2D eigenvalue weighted by molar-refractivity contribution is 5.68. The van der Waals surface area contributed by atoms with Crippen molar-refractivity contribution < 1.29 is 19.1 Å². The molecule has 5 heteroatoms. The summed E-state index contributed by atoms with van der Waals surface area (Å²) in [5.74, 6) is 2.51. The first-order valence-corrected chi connectivity index (χ1v) is 6.83. The molecular formula is C15H25NO4. The summed E-state index contributed by atoms with van der Waals surface area (Å²) in [4.78, 5) is 23.7. The predicted octanol–water partition coefficient (Wildman–Crippen LogP) is 2.24. The molecule has 0 aliphatic carbocycles. The van der Waals surface area contributed by atoms with Crippen molar-refractivity contribution >= 4 is 12.4 Å². The van der Waals surface area contributed by atoms with Crippen molar-refractivity contribution in [3.8, 4) is 12.3 Å². The molecule has 0 radical (unpaired) electrons. The van der Waals surface area contributed by atoms with E-state index in [2.05, 4.69) is 5.92 Å². The van der Waals surface area contributed by atoms with Gasteiger partial charge in [0, 0.05) is 32.5 Å². The van der Waals surface area contributed by atoms with Crippen molar-refractivity contribution in [2.45, 2.75) is 45.6 Å². The van der Waals surface area contributed by atoms with Crippen LogP contribution in [0, 0.1) is 12.3 Å². The summed E-state index contributed by atoms with van der Waals surface area (Å²) in [5, 5.41) is 0. The molecule has 20 heavy (non-hydrogen) atoms. The average molecular weight is 283 g/mol. The monoisotopic (exact) mass is 283 g/mol. The minimum atomic E-state index is -0.522. The highest BCUT2D eigenvalue weighted by Crippen LogP contribution is 2.10. The maximum atomic E-state index is 12.0. The van der Waals surface area contributed by atoms with Crippen molar-refractivity contribution in [1.82, 2.24) is 4.90 Å². The Morgan fingerprint density at radius 2 is 2.00 bits per heavy atom. The summed E-state index contributed by atoms with van der Waals surface area (Å²) >= 11 is 0. The first-order chi connectivity index (χ1) is 9.40. The highest BCUT2D eigenvalue weighted by atomic mass is 16.6. The Labute approximate surface area is 121 Å². The van der Waals surface area contributed by atoms with Gasteiger partial charge in [-0.15, -0.1) is 12.3 Å². The Balaban J connectivity index is 4.11. The fourth-order valence-corrected chi connectivity index (χ4v) is 1.41. The molecule has 0 saturated heterocycles. The zero-order valence-electron chi connectivity index (χ0n) is 12.7. The second-order valence-corrected chi connectivity index (χ2v) is 5.34. The van der Waals surface area contributed by atoms with Crippen LogP contribution < -0.4 is 0 Å². The first kappa shape index (κ1) is 18.5. The summed E-state index contributed by atoms with van der Waals surface area (Å²) < 4.78 is 10.6. The van der Waals surface area contributed by atoms with Gasteiger partial charge in [-0.3, -0.25) is 0 Å². The van der Waals surface area contributed by atoms with Crippen molar-refractivity contribution in [3.05, 3.63) is 0 Å². The van der Waals surface area contributed by atoms with Gasteiger partial charge in [0.1, 0.15) is 11.9 Å². The Kier molecular flexibility index (Phi) is 9.48. The van der Waals surface area contributed by atoms with Crippen molar-refractivity contribution in [2.24, 2.45) is 0 Å². The van der Waals surface area contributed by atoms with E-state index in [1.165, 1.54) is 0 Å². The van der Waals surface area contributed by atoms with E-state index in [9.17, 15) is 9.59 Å². The topological polar surface area (TPSA) is 55.8 Å². The lowest BCUT2D eigenvalue weighted by Crippen LogP contribution is -2.38. The molecule has 0 aromatic carbocycles. The van der Waals surface area contributed by atoms with Crippen LogP contribution in [0.25, 0.3) is 0 Å². The molecule has 114 valence electrons. The molecule has 0 unspecified atom stereocenters. The molecule has 0 atom stereocenters. The minimum absolute atomic E-state index is 0.361. The third-order valence-electron chi connectivity index (χ3n) is 2.27. The summed E-state index contributed by atoms with van der Waals surface area (Å²) in [7, 11) is 0. The van der Waals surface area contributed by atoms with Crippen LogP contribution in [-0.2, 0) is 14.3 Å². The molecule has 1 amide bonds. The van der Waals surface area contributed by atoms with Crippen LogP contribution in [0.3, 0.4) is 0 Å². The molecule has 0 aliphatic heterocycles. The second-order valence-electron chi connectivity index (χ2n) is 5.34. The molecule has 0 N–H and O–H groups in total. The van der Waals surface area contributed by atoms with E-state index in [0.29, 0.717) is 45.6 Å². The fraction of sp³-hybridized carbons (Fsp3) is 0.733. The molecule has 0 fully saturated rings. The number of amides is 1. The summed E-state index contributed by atoms with van der Waals surface area (Å²) in [6.07, 6.45) is 7.26. The van der Waals surface area contributed by atoms with Gasteiger partial charge in [0.2, 0.25) is 0 Å². The van der Waals surface area contributed by atoms with Crippen LogP contribution >= 0.6 is 0 Å². The van der Waals surface area contributed by atoms with Gasteiger partial charge < -0.3 is 19.2 Å². The smallest absolute Gasteiger partial charge is 0.410 e. The van der Waals surface area contributed by atoms with Crippen LogP contribution in [0.1, 0.15) is 40.0 Å². The van der Waals surface area contributed by atoms with E-state index < -0.39 is 5.60 Å². The number of aldehydes is 1. The lowest BCUT2D eigenvalue weighted by Gasteiger charge is -2.27. The van der Waals surface area contributed by atoms with Crippen LogP contribution in [0.5, 0.6) is 0 Å². The normalized spacial score (nSPS) is 10.7. The Morgan fingerprint density at radius 1 is 1.30 bits per heavy atom. The van der Waals surface area contributed by atoms with Crippen molar-refractivity contribution in [3.63, 3.8) is 0 Å². The van der Waals surface area contributed by atoms with Crippen molar-refractivity contribution in [1.29, 1.82) is 0 Å². The van der Waals surface area contributed by atoms with E-state index in [1.54, 1.807) is 4.90 Å². The van der Waals surface area contributed by atoms with Crippen LogP contribution in [0.4, 0.5) is 4.79 Å².